The summed E-state index contributed by atoms with van der Waals surface area (Å²) in [5.74, 6) is 0.540. The number of aromatic nitrogens is 3. The molecule has 8 nitrogen and oxygen atoms in total. The van der Waals surface area contributed by atoms with Gasteiger partial charge in [-0.15, -0.1) is 0 Å². The van der Waals surface area contributed by atoms with Gasteiger partial charge in [-0.05, 0) is 54.8 Å². The summed E-state index contributed by atoms with van der Waals surface area (Å²) in [5.41, 5.74) is 8.44. The van der Waals surface area contributed by atoms with Crippen LogP contribution in [0.1, 0.15) is 12.8 Å². The van der Waals surface area contributed by atoms with Crippen molar-refractivity contribution in [3.05, 3.63) is 41.7 Å². The summed E-state index contributed by atoms with van der Waals surface area (Å²) in [4.78, 5) is 23.3. The number of amides is 1. The van der Waals surface area contributed by atoms with Crippen LogP contribution < -0.4 is 5.73 Å². The number of furan rings is 1. The smallest absolute Gasteiger partial charge is 0.248 e. The number of benzene rings is 1. The van der Waals surface area contributed by atoms with E-state index in [0.29, 0.717) is 41.9 Å². The van der Waals surface area contributed by atoms with E-state index >= 15 is 0 Å². The summed E-state index contributed by atoms with van der Waals surface area (Å²) in [6, 6.07) is 7.60. The summed E-state index contributed by atoms with van der Waals surface area (Å²) in [6.07, 6.45) is 5.12. The van der Waals surface area contributed by atoms with E-state index in [1.54, 1.807) is 17.4 Å². The van der Waals surface area contributed by atoms with E-state index < -0.39 is 6.61 Å². The molecular formula is C22H22ClN5O3S. The second kappa shape index (κ2) is 8.65. The van der Waals surface area contributed by atoms with Crippen LogP contribution in [0.15, 0.2) is 51.2 Å². The summed E-state index contributed by atoms with van der Waals surface area (Å²) < 4.78 is 7.67. The van der Waals surface area contributed by atoms with Gasteiger partial charge in [-0.25, -0.2) is 9.97 Å². The molecular weight excluding hydrogens is 450 g/mol. The van der Waals surface area contributed by atoms with E-state index in [2.05, 4.69) is 9.55 Å². The molecule has 4 heterocycles. The van der Waals surface area contributed by atoms with Crippen molar-refractivity contribution < 1.29 is 14.3 Å². The van der Waals surface area contributed by atoms with Gasteiger partial charge < -0.3 is 24.7 Å². The molecule has 4 aromatic rings. The maximum absolute atomic E-state index is 11.8. The fraction of sp³-hybridized carbons (Fsp3) is 0.318. The van der Waals surface area contributed by atoms with Gasteiger partial charge in [0.2, 0.25) is 5.91 Å². The first kappa shape index (κ1) is 21.1. The Morgan fingerprint density at radius 3 is 3.09 bits per heavy atom. The van der Waals surface area contributed by atoms with Crippen LogP contribution in [0.3, 0.4) is 0 Å². The Bertz CT molecular complexity index is 1300. The van der Waals surface area contributed by atoms with Crippen molar-refractivity contribution in [2.75, 3.05) is 25.4 Å². The van der Waals surface area contributed by atoms with E-state index in [4.69, 9.17) is 31.8 Å². The van der Waals surface area contributed by atoms with Gasteiger partial charge in [0.05, 0.1) is 16.8 Å². The predicted molar refractivity (Wildman–Crippen MR) is 124 cm³/mol. The highest BCUT2D eigenvalue weighted by atomic mass is 35.5. The van der Waals surface area contributed by atoms with Gasteiger partial charge in [-0.1, -0.05) is 11.6 Å². The highest BCUT2D eigenvalue weighted by Gasteiger charge is 2.26. The average Bonchev–Trinajstić information content (AvgIpc) is 3.51. The molecule has 0 bridgehead atoms. The van der Waals surface area contributed by atoms with Crippen LogP contribution in [0.4, 0.5) is 5.82 Å². The van der Waals surface area contributed by atoms with Crippen LogP contribution in [0.25, 0.3) is 22.0 Å². The van der Waals surface area contributed by atoms with Crippen molar-refractivity contribution in [1.82, 2.24) is 19.4 Å². The first-order valence-corrected chi connectivity index (χ1v) is 11.6. The topological polar surface area (TPSA) is 110 Å². The molecule has 1 atom stereocenters. The first-order valence-electron chi connectivity index (χ1n) is 10.4. The van der Waals surface area contributed by atoms with Crippen LogP contribution in [-0.2, 0) is 11.3 Å². The number of carbonyl (C=O) groups is 1. The van der Waals surface area contributed by atoms with E-state index in [0.717, 1.165) is 39.4 Å². The minimum atomic E-state index is -0.438. The standard InChI is InChI=1S/C22H22ClN5O3S/c23-15-9-14-4-8-31-17(14)10-18(15)32-22-26-20-16(1-5-25-21(20)24)28(22)7-3-13-2-6-27(11-13)19(30)12-29/h1,4-5,8-10,13,29H,2-3,6-7,11-12H2,(H2,24,25). The van der Waals surface area contributed by atoms with Crippen molar-refractivity contribution in [1.29, 1.82) is 0 Å². The third-order valence-electron chi connectivity index (χ3n) is 5.90. The third kappa shape index (κ3) is 3.92. The summed E-state index contributed by atoms with van der Waals surface area (Å²) in [6.45, 7) is 1.63. The first-order chi connectivity index (χ1) is 15.5. The van der Waals surface area contributed by atoms with E-state index in [1.807, 2.05) is 24.3 Å². The maximum Gasteiger partial charge on any atom is 0.248 e. The van der Waals surface area contributed by atoms with Crippen LogP contribution >= 0.6 is 23.4 Å². The van der Waals surface area contributed by atoms with Gasteiger partial charge in [0.1, 0.15) is 17.7 Å². The second-order valence-electron chi connectivity index (χ2n) is 7.89. The van der Waals surface area contributed by atoms with Crippen LogP contribution in [0.5, 0.6) is 0 Å². The molecule has 5 rings (SSSR count). The molecule has 166 valence electrons. The van der Waals surface area contributed by atoms with Gasteiger partial charge >= 0.3 is 0 Å². The number of nitrogens with zero attached hydrogens (tertiary/aromatic N) is 4. The molecule has 0 aliphatic carbocycles. The largest absolute Gasteiger partial charge is 0.464 e. The number of carbonyl (C=O) groups excluding carboxylic acids is 1. The lowest BCUT2D eigenvalue weighted by Crippen LogP contribution is -2.31. The van der Waals surface area contributed by atoms with Crippen LogP contribution in [0.2, 0.25) is 5.02 Å². The molecule has 1 saturated heterocycles. The molecule has 0 radical (unpaired) electrons. The third-order valence-corrected chi connectivity index (χ3v) is 7.38. The van der Waals surface area contributed by atoms with Gasteiger partial charge in [0.25, 0.3) is 0 Å². The molecule has 0 saturated carbocycles. The Balaban J connectivity index is 1.43. The minimum absolute atomic E-state index is 0.210. The van der Waals surface area contributed by atoms with Crippen molar-refractivity contribution >= 4 is 57.1 Å². The Labute approximate surface area is 193 Å². The monoisotopic (exact) mass is 471 g/mol. The lowest BCUT2D eigenvalue weighted by molar-refractivity contribution is -0.133. The van der Waals surface area contributed by atoms with E-state index in [-0.39, 0.29) is 5.91 Å². The summed E-state index contributed by atoms with van der Waals surface area (Å²) in [5, 5.41) is 11.5. The number of imidazole rings is 1. The lowest BCUT2D eigenvalue weighted by atomic mass is 10.1. The number of nitrogen functional groups attached to an aromatic ring is 1. The number of aryl methyl sites for hydroxylation is 1. The molecule has 1 aliphatic rings. The molecule has 3 aromatic heterocycles. The zero-order valence-corrected chi connectivity index (χ0v) is 18.8. The van der Waals surface area contributed by atoms with E-state index in [1.165, 1.54) is 11.8 Å². The van der Waals surface area contributed by atoms with Crippen LogP contribution in [-0.4, -0.2) is 50.1 Å². The number of hydrogen-bond acceptors (Lipinski definition) is 7. The van der Waals surface area contributed by atoms with Gasteiger partial charge in [-0.3, -0.25) is 4.79 Å². The molecule has 1 amide bonds. The van der Waals surface area contributed by atoms with Crippen molar-refractivity contribution in [3.63, 3.8) is 0 Å². The number of rotatable bonds is 6. The highest BCUT2D eigenvalue weighted by Crippen LogP contribution is 2.38. The summed E-state index contributed by atoms with van der Waals surface area (Å²) >= 11 is 8.00. The highest BCUT2D eigenvalue weighted by molar-refractivity contribution is 7.99. The number of anilines is 1. The predicted octanol–water partition coefficient (Wildman–Crippen LogP) is 3.80. The minimum Gasteiger partial charge on any atom is -0.464 e. The van der Waals surface area contributed by atoms with Gasteiger partial charge in [-0.2, -0.15) is 0 Å². The zero-order chi connectivity index (χ0) is 22.2. The van der Waals surface area contributed by atoms with Crippen LogP contribution in [0, 0.1) is 5.92 Å². The molecule has 1 aliphatic heterocycles. The quantitative estimate of drug-likeness (QED) is 0.440. The Morgan fingerprint density at radius 2 is 2.25 bits per heavy atom. The van der Waals surface area contributed by atoms with E-state index in [9.17, 15) is 4.79 Å². The maximum atomic E-state index is 11.8. The van der Waals surface area contributed by atoms with Gasteiger partial charge in [0, 0.05) is 36.1 Å². The number of nitrogens with two attached hydrogens (primary N) is 1. The normalized spacial score (nSPS) is 16.4. The SMILES string of the molecule is Nc1nccc2c1nc(Sc1cc3occc3cc1Cl)n2CCC1CCN(C(=O)CO)C1. The number of halogens is 1. The van der Waals surface area contributed by atoms with Gasteiger partial charge in [0.15, 0.2) is 11.0 Å². The zero-order valence-electron chi connectivity index (χ0n) is 17.2. The summed E-state index contributed by atoms with van der Waals surface area (Å²) in [7, 11) is 0. The molecule has 10 heteroatoms. The Hall–Kier alpha value is -2.75. The number of aliphatic hydroxyl groups excluding tert-OH is 1. The molecule has 32 heavy (non-hydrogen) atoms. The number of aliphatic hydroxyl groups is 1. The molecule has 0 spiro atoms. The molecule has 1 unspecified atom stereocenters. The molecule has 1 aromatic carbocycles. The number of hydrogen-bond donors (Lipinski definition) is 2. The second-order valence-corrected chi connectivity index (χ2v) is 9.31. The number of likely N-dealkylation sites (tertiary alicyclic amines) is 1. The Morgan fingerprint density at radius 1 is 1.38 bits per heavy atom. The molecule has 3 N–H and O–H groups in total. The average molecular weight is 472 g/mol. The molecule has 1 fully saturated rings. The number of fused-ring (bicyclic) bond motifs is 2. The number of pyridine rings is 1. The fourth-order valence-electron chi connectivity index (χ4n) is 4.19. The Kier molecular flexibility index (Phi) is 5.71. The van der Waals surface area contributed by atoms with Crippen molar-refractivity contribution in [2.45, 2.75) is 29.4 Å². The van der Waals surface area contributed by atoms with Crippen molar-refractivity contribution in [3.8, 4) is 0 Å². The lowest BCUT2D eigenvalue weighted by Gasteiger charge is -2.16. The fourth-order valence-corrected chi connectivity index (χ4v) is 5.43. The van der Waals surface area contributed by atoms with Crippen molar-refractivity contribution in [2.24, 2.45) is 5.92 Å².